The van der Waals surface area contributed by atoms with E-state index in [0.29, 0.717) is 11.7 Å². The average molecular weight is 342 g/mol. The third-order valence-corrected chi connectivity index (χ3v) is 5.36. The van der Waals surface area contributed by atoms with Gasteiger partial charge in [0.05, 0.1) is 12.0 Å². The molecule has 3 nitrogen and oxygen atoms in total. The van der Waals surface area contributed by atoms with Crippen molar-refractivity contribution in [2.45, 2.75) is 38.1 Å². The second kappa shape index (κ2) is 6.77. The van der Waals surface area contributed by atoms with Gasteiger partial charge in [-0.1, -0.05) is 31.4 Å². The van der Waals surface area contributed by atoms with E-state index in [1.54, 1.807) is 29.7 Å². The molecule has 0 amide bonds. The molecule has 2 heterocycles. The Morgan fingerprint density at radius 1 is 1.08 bits per heavy atom. The number of hydrogen-bond donors (Lipinski definition) is 0. The first kappa shape index (κ1) is 15.4. The molecule has 1 aliphatic rings. The summed E-state index contributed by atoms with van der Waals surface area (Å²) in [4.78, 5) is 5.44. The minimum atomic E-state index is -0.291. The molecule has 2 aromatic heterocycles. The highest BCUT2D eigenvalue weighted by atomic mass is 32.1. The fourth-order valence-electron chi connectivity index (χ4n) is 3.34. The quantitative estimate of drug-likeness (QED) is 0.602. The van der Waals surface area contributed by atoms with Crippen LogP contribution in [0.4, 0.5) is 10.1 Å². The van der Waals surface area contributed by atoms with E-state index in [1.807, 2.05) is 18.2 Å². The van der Waals surface area contributed by atoms with E-state index in [1.165, 1.54) is 25.3 Å². The van der Waals surface area contributed by atoms with Crippen LogP contribution in [0.2, 0.25) is 0 Å². The van der Waals surface area contributed by atoms with Gasteiger partial charge in [0.25, 0.3) is 0 Å². The molecule has 1 aliphatic carbocycles. The lowest BCUT2D eigenvalue weighted by Gasteiger charge is -2.24. The summed E-state index contributed by atoms with van der Waals surface area (Å²) in [6.45, 7) is 0. The minimum absolute atomic E-state index is 0.291. The summed E-state index contributed by atoms with van der Waals surface area (Å²) in [5.74, 6) is 0.549. The van der Waals surface area contributed by atoms with Gasteiger partial charge < -0.3 is 8.98 Å². The topological polar surface area (TPSA) is 30.4 Å². The van der Waals surface area contributed by atoms with Crippen molar-refractivity contribution in [2.75, 3.05) is 0 Å². The number of halogens is 1. The van der Waals surface area contributed by atoms with Crippen LogP contribution in [0, 0.1) is 5.82 Å². The monoisotopic (exact) mass is 342 g/mol. The van der Waals surface area contributed by atoms with E-state index >= 15 is 0 Å². The van der Waals surface area contributed by atoms with Gasteiger partial charge in [-0.3, -0.25) is 0 Å². The van der Waals surface area contributed by atoms with Crippen molar-refractivity contribution in [3.63, 3.8) is 0 Å². The normalized spacial score (nSPS) is 16.6. The molecule has 0 spiro atoms. The Bertz CT molecular complexity index is 873. The fraction of sp³-hybridized carbons (Fsp3) is 0.316. The second-order valence-corrected chi connectivity index (χ2v) is 6.94. The molecule has 0 saturated heterocycles. The van der Waals surface area contributed by atoms with Gasteiger partial charge >= 0.3 is 0 Å². The summed E-state index contributed by atoms with van der Waals surface area (Å²) in [5.41, 5.74) is 1.42. The summed E-state index contributed by atoms with van der Waals surface area (Å²) in [5, 5.41) is 2.06. The summed E-state index contributed by atoms with van der Waals surface area (Å²) < 4.78 is 21.9. The van der Waals surface area contributed by atoms with Crippen LogP contribution in [-0.4, -0.2) is 4.57 Å². The van der Waals surface area contributed by atoms with Crippen molar-refractivity contribution >= 4 is 17.0 Å². The van der Waals surface area contributed by atoms with Gasteiger partial charge in [0.15, 0.2) is 10.6 Å². The summed E-state index contributed by atoms with van der Waals surface area (Å²) in [7, 11) is 0. The van der Waals surface area contributed by atoms with Gasteiger partial charge in [0.1, 0.15) is 11.5 Å². The molecule has 1 aromatic carbocycles. The average Bonchev–Trinajstić information content (AvgIpc) is 3.27. The molecule has 0 unspecified atom stereocenters. The van der Waals surface area contributed by atoms with Crippen LogP contribution in [0.25, 0.3) is 11.5 Å². The molecule has 0 N–H and O–H groups in total. The van der Waals surface area contributed by atoms with E-state index < -0.39 is 0 Å². The number of rotatable bonds is 3. The van der Waals surface area contributed by atoms with Crippen molar-refractivity contribution < 1.29 is 8.81 Å². The predicted octanol–water partition coefficient (Wildman–Crippen LogP) is 5.69. The zero-order valence-corrected chi connectivity index (χ0v) is 14.1. The van der Waals surface area contributed by atoms with Crippen LogP contribution in [0.3, 0.4) is 0 Å². The van der Waals surface area contributed by atoms with E-state index in [9.17, 15) is 4.39 Å². The third-order valence-electron chi connectivity index (χ3n) is 4.52. The molecule has 0 radical (unpaired) electrons. The van der Waals surface area contributed by atoms with Gasteiger partial charge in [0, 0.05) is 11.4 Å². The van der Waals surface area contributed by atoms with Crippen LogP contribution in [0.15, 0.2) is 57.5 Å². The Kier molecular flexibility index (Phi) is 4.34. The second-order valence-electron chi connectivity index (χ2n) is 6.11. The molecule has 0 aliphatic heterocycles. The van der Waals surface area contributed by atoms with Crippen molar-refractivity contribution in [1.82, 2.24) is 4.57 Å². The van der Waals surface area contributed by atoms with Gasteiger partial charge in [-0.15, -0.1) is 11.3 Å². The molecular weight excluding hydrogens is 323 g/mol. The SMILES string of the molecule is Fc1ccccc1N=c1scc(-c2ccco2)n1C1CCCCC1. The van der Waals surface area contributed by atoms with Crippen LogP contribution in [-0.2, 0) is 0 Å². The maximum absolute atomic E-state index is 14.0. The first-order valence-electron chi connectivity index (χ1n) is 8.36. The van der Waals surface area contributed by atoms with Crippen LogP contribution in [0.5, 0.6) is 0 Å². The highest BCUT2D eigenvalue weighted by molar-refractivity contribution is 7.07. The Hall–Kier alpha value is -2.14. The number of aromatic nitrogens is 1. The number of benzene rings is 1. The van der Waals surface area contributed by atoms with Crippen LogP contribution in [0.1, 0.15) is 38.1 Å². The number of hydrogen-bond acceptors (Lipinski definition) is 3. The largest absolute Gasteiger partial charge is 0.463 e. The maximum Gasteiger partial charge on any atom is 0.190 e. The number of thiazole rings is 1. The van der Waals surface area contributed by atoms with E-state index in [0.717, 1.165) is 29.1 Å². The Morgan fingerprint density at radius 2 is 1.92 bits per heavy atom. The molecule has 24 heavy (non-hydrogen) atoms. The molecule has 0 atom stereocenters. The van der Waals surface area contributed by atoms with Crippen LogP contribution < -0.4 is 4.80 Å². The molecule has 5 heteroatoms. The van der Waals surface area contributed by atoms with Crippen molar-refractivity contribution in [3.8, 4) is 11.5 Å². The number of para-hydroxylation sites is 1. The summed E-state index contributed by atoms with van der Waals surface area (Å²) in [6.07, 6.45) is 7.70. The highest BCUT2D eigenvalue weighted by Gasteiger charge is 2.21. The van der Waals surface area contributed by atoms with E-state index in [-0.39, 0.29) is 5.82 Å². The molecule has 124 valence electrons. The van der Waals surface area contributed by atoms with Gasteiger partial charge in [-0.25, -0.2) is 9.38 Å². The lowest BCUT2D eigenvalue weighted by molar-refractivity contribution is 0.349. The van der Waals surface area contributed by atoms with Crippen molar-refractivity contribution in [1.29, 1.82) is 0 Å². The lowest BCUT2D eigenvalue weighted by Crippen LogP contribution is -2.23. The van der Waals surface area contributed by atoms with Crippen molar-refractivity contribution in [3.05, 3.63) is 58.7 Å². The number of furan rings is 1. The molecule has 1 fully saturated rings. The first-order chi connectivity index (χ1) is 11.8. The Balaban J connectivity index is 1.86. The Labute approximate surface area is 144 Å². The molecule has 1 saturated carbocycles. The molecule has 3 aromatic rings. The van der Waals surface area contributed by atoms with E-state index in [4.69, 9.17) is 4.42 Å². The standard InChI is InChI=1S/C19H19FN2OS/c20-15-9-4-5-10-16(15)21-19-22(14-7-2-1-3-8-14)17(13-24-19)18-11-6-12-23-18/h4-6,9-14H,1-3,7-8H2. The van der Waals surface area contributed by atoms with Gasteiger partial charge in [0.2, 0.25) is 0 Å². The molecule has 4 rings (SSSR count). The van der Waals surface area contributed by atoms with Gasteiger partial charge in [-0.2, -0.15) is 0 Å². The lowest BCUT2D eigenvalue weighted by atomic mass is 9.95. The van der Waals surface area contributed by atoms with E-state index in [2.05, 4.69) is 14.9 Å². The summed E-state index contributed by atoms with van der Waals surface area (Å²) >= 11 is 1.54. The smallest absolute Gasteiger partial charge is 0.190 e. The minimum Gasteiger partial charge on any atom is -0.463 e. The number of nitrogens with zero attached hydrogens (tertiary/aromatic N) is 2. The Morgan fingerprint density at radius 3 is 2.67 bits per heavy atom. The molecule has 0 bridgehead atoms. The predicted molar refractivity (Wildman–Crippen MR) is 93.8 cm³/mol. The summed E-state index contributed by atoms with van der Waals surface area (Å²) in [6, 6.07) is 10.9. The fourth-order valence-corrected chi connectivity index (χ4v) is 4.30. The maximum atomic E-state index is 14.0. The first-order valence-corrected chi connectivity index (χ1v) is 9.24. The zero-order chi connectivity index (χ0) is 16.4. The third kappa shape index (κ3) is 2.96. The zero-order valence-electron chi connectivity index (χ0n) is 13.3. The van der Waals surface area contributed by atoms with Gasteiger partial charge in [-0.05, 0) is 37.1 Å². The highest BCUT2D eigenvalue weighted by Crippen LogP contribution is 2.32. The van der Waals surface area contributed by atoms with Crippen molar-refractivity contribution in [2.24, 2.45) is 4.99 Å². The molecular formula is C19H19FN2OS. The van der Waals surface area contributed by atoms with Crippen LogP contribution >= 0.6 is 11.3 Å².